The Balaban J connectivity index is 1.83. The van der Waals surface area contributed by atoms with Gasteiger partial charge in [-0.05, 0) is 48.4 Å². The number of benzene rings is 2. The molecule has 7 nitrogen and oxygen atoms in total. The molecule has 2 N–H and O–H groups in total. The Morgan fingerprint density at radius 3 is 2.41 bits per heavy atom. The first-order chi connectivity index (χ1) is 13.0. The summed E-state index contributed by atoms with van der Waals surface area (Å²) in [7, 11) is 0. The van der Waals surface area contributed by atoms with Crippen LogP contribution in [0.5, 0.6) is 5.75 Å². The van der Waals surface area contributed by atoms with E-state index in [9.17, 15) is 20.0 Å². The number of aliphatic hydroxyl groups is 1. The minimum atomic E-state index is -0.948. The average molecular weight is 372 g/mol. The molecule has 144 valence electrons. The fourth-order valence-electron chi connectivity index (χ4n) is 2.47. The van der Waals surface area contributed by atoms with Gasteiger partial charge in [0.1, 0.15) is 5.75 Å². The van der Waals surface area contributed by atoms with Crippen LogP contribution >= 0.6 is 0 Å². The van der Waals surface area contributed by atoms with E-state index in [0.717, 1.165) is 19.3 Å². The quantitative estimate of drug-likeness (QED) is 0.377. The Labute approximate surface area is 158 Å². The van der Waals surface area contributed by atoms with Gasteiger partial charge in [-0.1, -0.05) is 19.8 Å². The van der Waals surface area contributed by atoms with Gasteiger partial charge in [0.05, 0.1) is 17.6 Å². The predicted octanol–water partition coefficient (Wildman–Crippen LogP) is 3.63. The summed E-state index contributed by atoms with van der Waals surface area (Å²) in [5, 5.41) is 23.4. The highest BCUT2D eigenvalue weighted by molar-refractivity contribution is 5.94. The molecule has 1 atom stereocenters. The summed E-state index contributed by atoms with van der Waals surface area (Å²) in [5.74, 6) is 0.405. The van der Waals surface area contributed by atoms with Gasteiger partial charge in [0.2, 0.25) is 0 Å². The van der Waals surface area contributed by atoms with E-state index in [4.69, 9.17) is 4.74 Å². The maximum absolute atomic E-state index is 12.2. The topological polar surface area (TPSA) is 102 Å². The lowest BCUT2D eigenvalue weighted by Crippen LogP contribution is -2.28. The zero-order valence-electron chi connectivity index (χ0n) is 15.3. The molecule has 27 heavy (non-hydrogen) atoms. The van der Waals surface area contributed by atoms with E-state index >= 15 is 0 Å². The number of carbonyl (C=O) groups excluding carboxylic acids is 1. The molecule has 2 aromatic rings. The number of unbranched alkanes of at least 4 members (excludes halogenated alkanes) is 2. The van der Waals surface area contributed by atoms with Gasteiger partial charge >= 0.3 is 0 Å². The Morgan fingerprint density at radius 2 is 1.81 bits per heavy atom. The van der Waals surface area contributed by atoms with Crippen LogP contribution in [0.4, 0.5) is 5.69 Å². The summed E-state index contributed by atoms with van der Waals surface area (Å²) in [6.07, 6.45) is 2.31. The summed E-state index contributed by atoms with van der Waals surface area (Å²) >= 11 is 0. The van der Waals surface area contributed by atoms with E-state index in [-0.39, 0.29) is 18.1 Å². The molecule has 0 aliphatic carbocycles. The van der Waals surface area contributed by atoms with Crippen molar-refractivity contribution in [3.8, 4) is 5.75 Å². The van der Waals surface area contributed by atoms with Crippen LogP contribution in [0.3, 0.4) is 0 Å². The second-order valence-electron chi connectivity index (χ2n) is 6.15. The van der Waals surface area contributed by atoms with Crippen LogP contribution < -0.4 is 10.1 Å². The molecular formula is C20H24N2O5. The minimum absolute atomic E-state index is 0.00587. The van der Waals surface area contributed by atoms with E-state index in [0.29, 0.717) is 23.5 Å². The third kappa shape index (κ3) is 6.38. The first-order valence-corrected chi connectivity index (χ1v) is 8.94. The van der Waals surface area contributed by atoms with Crippen LogP contribution in [0.15, 0.2) is 48.5 Å². The van der Waals surface area contributed by atoms with Gasteiger partial charge in [0.15, 0.2) is 0 Å². The maximum atomic E-state index is 12.2. The number of hydrogen-bond acceptors (Lipinski definition) is 5. The molecule has 0 heterocycles. The first-order valence-electron chi connectivity index (χ1n) is 8.94. The molecule has 2 aromatic carbocycles. The van der Waals surface area contributed by atoms with Crippen molar-refractivity contribution in [3.05, 3.63) is 69.8 Å². The fraction of sp³-hybridized carbons (Fsp3) is 0.350. The predicted molar refractivity (Wildman–Crippen MR) is 102 cm³/mol. The van der Waals surface area contributed by atoms with Gasteiger partial charge in [-0.15, -0.1) is 0 Å². The zero-order valence-corrected chi connectivity index (χ0v) is 15.3. The minimum Gasteiger partial charge on any atom is -0.494 e. The number of amides is 1. The largest absolute Gasteiger partial charge is 0.494 e. The van der Waals surface area contributed by atoms with Gasteiger partial charge in [0, 0.05) is 24.2 Å². The summed E-state index contributed by atoms with van der Waals surface area (Å²) in [6, 6.07) is 12.4. The van der Waals surface area contributed by atoms with Crippen LogP contribution in [0, 0.1) is 10.1 Å². The molecule has 0 radical (unpaired) electrons. The SMILES string of the molecule is CCCCCOc1ccc(C(=O)NC[C@H](O)c2ccc([N+](=O)[O-])cc2)cc1. The van der Waals surface area contributed by atoms with Crippen LogP contribution in [-0.4, -0.2) is 29.1 Å². The Kier molecular flexibility index (Phi) is 7.76. The standard InChI is InChI=1S/C20H24N2O5/c1-2-3-4-13-27-18-11-7-16(8-12-18)20(24)21-14-19(23)15-5-9-17(10-6-15)22(25)26/h5-12,19,23H,2-4,13-14H2,1H3,(H,21,24)/t19-/m0/s1. The van der Waals surface area contributed by atoms with Crippen LogP contribution in [-0.2, 0) is 0 Å². The highest BCUT2D eigenvalue weighted by Crippen LogP contribution is 2.18. The molecular weight excluding hydrogens is 348 g/mol. The Morgan fingerprint density at radius 1 is 1.15 bits per heavy atom. The number of nitro benzene ring substituents is 1. The number of nitrogens with zero attached hydrogens (tertiary/aromatic N) is 1. The van der Waals surface area contributed by atoms with Crippen molar-refractivity contribution in [1.82, 2.24) is 5.32 Å². The Hall–Kier alpha value is -2.93. The van der Waals surface area contributed by atoms with Gasteiger partial charge in [-0.3, -0.25) is 14.9 Å². The summed E-state index contributed by atoms with van der Waals surface area (Å²) in [4.78, 5) is 22.3. The third-order valence-corrected chi connectivity index (χ3v) is 4.08. The van der Waals surface area contributed by atoms with Crippen molar-refractivity contribution >= 4 is 11.6 Å². The maximum Gasteiger partial charge on any atom is 0.269 e. The lowest BCUT2D eigenvalue weighted by molar-refractivity contribution is -0.384. The van der Waals surface area contributed by atoms with E-state index < -0.39 is 11.0 Å². The van der Waals surface area contributed by atoms with Gasteiger partial charge < -0.3 is 15.2 Å². The molecule has 0 aromatic heterocycles. The number of nitro groups is 1. The average Bonchev–Trinajstić information content (AvgIpc) is 2.69. The number of non-ortho nitro benzene ring substituents is 1. The van der Waals surface area contributed by atoms with Crippen molar-refractivity contribution in [1.29, 1.82) is 0 Å². The lowest BCUT2D eigenvalue weighted by atomic mass is 10.1. The molecule has 0 bridgehead atoms. The van der Waals surface area contributed by atoms with Gasteiger partial charge in [-0.25, -0.2) is 0 Å². The van der Waals surface area contributed by atoms with Crippen molar-refractivity contribution in [2.75, 3.05) is 13.2 Å². The van der Waals surface area contributed by atoms with E-state index in [1.807, 2.05) is 0 Å². The highest BCUT2D eigenvalue weighted by atomic mass is 16.6. The molecule has 2 rings (SSSR count). The highest BCUT2D eigenvalue weighted by Gasteiger charge is 2.13. The second kappa shape index (κ2) is 10.3. The molecule has 7 heteroatoms. The molecule has 0 saturated carbocycles. The van der Waals surface area contributed by atoms with Crippen LogP contribution in [0.2, 0.25) is 0 Å². The summed E-state index contributed by atoms with van der Waals surface area (Å²) < 4.78 is 5.61. The smallest absolute Gasteiger partial charge is 0.269 e. The number of carbonyl (C=O) groups is 1. The van der Waals surface area contributed by atoms with Gasteiger partial charge in [0.25, 0.3) is 11.6 Å². The monoisotopic (exact) mass is 372 g/mol. The number of nitrogens with one attached hydrogen (secondary N) is 1. The van der Waals surface area contributed by atoms with Crippen LogP contribution in [0.1, 0.15) is 48.2 Å². The normalized spacial score (nSPS) is 11.6. The molecule has 0 unspecified atom stereocenters. The number of hydrogen-bond donors (Lipinski definition) is 2. The molecule has 0 saturated heterocycles. The van der Waals surface area contributed by atoms with Crippen molar-refractivity contribution in [3.63, 3.8) is 0 Å². The molecule has 0 aliphatic heterocycles. The molecule has 1 amide bonds. The van der Waals surface area contributed by atoms with Crippen molar-refractivity contribution < 1.29 is 19.6 Å². The third-order valence-electron chi connectivity index (χ3n) is 4.08. The zero-order chi connectivity index (χ0) is 19.6. The second-order valence-corrected chi connectivity index (χ2v) is 6.15. The number of rotatable bonds is 10. The molecule has 0 spiro atoms. The van der Waals surface area contributed by atoms with Crippen molar-refractivity contribution in [2.24, 2.45) is 0 Å². The lowest BCUT2D eigenvalue weighted by Gasteiger charge is -2.12. The van der Waals surface area contributed by atoms with Gasteiger partial charge in [-0.2, -0.15) is 0 Å². The summed E-state index contributed by atoms with van der Waals surface area (Å²) in [5.41, 5.74) is 0.913. The van der Waals surface area contributed by atoms with E-state index in [1.165, 1.54) is 24.3 Å². The van der Waals surface area contributed by atoms with Crippen LogP contribution in [0.25, 0.3) is 0 Å². The van der Waals surface area contributed by atoms with Crippen molar-refractivity contribution in [2.45, 2.75) is 32.3 Å². The fourth-order valence-corrected chi connectivity index (χ4v) is 2.47. The molecule has 0 fully saturated rings. The first kappa shape index (κ1) is 20.4. The summed E-state index contributed by atoms with van der Waals surface area (Å²) in [6.45, 7) is 2.79. The van der Waals surface area contributed by atoms with E-state index in [1.54, 1.807) is 24.3 Å². The number of aliphatic hydroxyl groups excluding tert-OH is 1. The number of ether oxygens (including phenoxy) is 1. The molecule has 0 aliphatic rings. The van der Waals surface area contributed by atoms with E-state index in [2.05, 4.69) is 12.2 Å². The Bertz CT molecular complexity index is 744.